The van der Waals surface area contributed by atoms with E-state index in [0.29, 0.717) is 5.92 Å². The van der Waals surface area contributed by atoms with Crippen molar-refractivity contribution >= 4 is 0 Å². The molecule has 1 saturated heterocycles. The van der Waals surface area contributed by atoms with Gasteiger partial charge in [-0.05, 0) is 24.3 Å². The van der Waals surface area contributed by atoms with Gasteiger partial charge in [0.2, 0.25) is 0 Å². The number of hydrogen-bond acceptors (Lipinski definition) is 3. The van der Waals surface area contributed by atoms with Crippen molar-refractivity contribution in [3.8, 4) is 0 Å². The van der Waals surface area contributed by atoms with Gasteiger partial charge in [-0.1, -0.05) is 30.3 Å². The molecular weight excluding hydrogens is 188 g/mol. The number of piperidine rings is 1. The lowest BCUT2D eigenvalue weighted by atomic mass is 9.88. The SMILES string of the molecule is NN1CCC(C(O)c2ccccc2)CC1. The number of rotatable bonds is 2. The lowest BCUT2D eigenvalue weighted by molar-refractivity contribution is 0.0590. The van der Waals surface area contributed by atoms with E-state index >= 15 is 0 Å². The van der Waals surface area contributed by atoms with Crippen LogP contribution < -0.4 is 5.84 Å². The Morgan fingerprint density at radius 3 is 2.40 bits per heavy atom. The zero-order valence-corrected chi connectivity index (χ0v) is 8.84. The van der Waals surface area contributed by atoms with Crippen LogP contribution in [-0.2, 0) is 0 Å². The fourth-order valence-corrected chi connectivity index (χ4v) is 2.16. The van der Waals surface area contributed by atoms with Gasteiger partial charge in [0.05, 0.1) is 6.10 Å². The Kier molecular flexibility index (Phi) is 3.36. The highest BCUT2D eigenvalue weighted by Crippen LogP contribution is 2.29. The molecule has 1 aromatic rings. The summed E-state index contributed by atoms with van der Waals surface area (Å²) in [6.45, 7) is 1.77. The minimum atomic E-state index is -0.333. The first-order valence-electron chi connectivity index (χ1n) is 5.50. The molecule has 82 valence electrons. The minimum Gasteiger partial charge on any atom is -0.388 e. The Hall–Kier alpha value is -0.900. The van der Waals surface area contributed by atoms with E-state index in [1.807, 2.05) is 35.3 Å². The summed E-state index contributed by atoms with van der Waals surface area (Å²) in [5.74, 6) is 6.04. The van der Waals surface area contributed by atoms with Crippen LogP contribution in [0.4, 0.5) is 0 Å². The first kappa shape index (κ1) is 10.6. The molecule has 15 heavy (non-hydrogen) atoms. The number of hydrogen-bond donors (Lipinski definition) is 2. The van der Waals surface area contributed by atoms with Gasteiger partial charge in [-0.15, -0.1) is 0 Å². The van der Waals surface area contributed by atoms with Gasteiger partial charge >= 0.3 is 0 Å². The predicted octanol–water partition coefficient (Wildman–Crippen LogP) is 1.31. The van der Waals surface area contributed by atoms with Crippen molar-refractivity contribution in [2.45, 2.75) is 18.9 Å². The summed E-state index contributed by atoms with van der Waals surface area (Å²) in [7, 11) is 0. The monoisotopic (exact) mass is 206 g/mol. The van der Waals surface area contributed by atoms with Crippen molar-refractivity contribution in [3.63, 3.8) is 0 Å². The second-order valence-electron chi connectivity index (χ2n) is 4.23. The largest absolute Gasteiger partial charge is 0.388 e. The Morgan fingerprint density at radius 2 is 1.80 bits per heavy atom. The highest BCUT2D eigenvalue weighted by molar-refractivity contribution is 5.18. The van der Waals surface area contributed by atoms with Gasteiger partial charge in [-0.25, -0.2) is 5.01 Å². The lowest BCUT2D eigenvalue weighted by Crippen LogP contribution is -2.40. The van der Waals surface area contributed by atoms with E-state index in [1.165, 1.54) is 0 Å². The fraction of sp³-hybridized carbons (Fsp3) is 0.500. The molecule has 0 spiro atoms. The average molecular weight is 206 g/mol. The minimum absolute atomic E-state index is 0.333. The van der Waals surface area contributed by atoms with Crippen molar-refractivity contribution in [1.29, 1.82) is 0 Å². The molecule has 0 saturated carbocycles. The lowest BCUT2D eigenvalue weighted by Gasteiger charge is -2.31. The van der Waals surface area contributed by atoms with Crippen molar-refractivity contribution in [2.75, 3.05) is 13.1 Å². The predicted molar refractivity (Wildman–Crippen MR) is 59.9 cm³/mol. The first-order chi connectivity index (χ1) is 7.27. The van der Waals surface area contributed by atoms with Crippen molar-refractivity contribution in [2.24, 2.45) is 11.8 Å². The van der Waals surface area contributed by atoms with Gasteiger partial charge in [-0.2, -0.15) is 0 Å². The molecule has 0 radical (unpaired) electrons. The quantitative estimate of drug-likeness (QED) is 0.717. The van der Waals surface area contributed by atoms with Crippen LogP contribution in [0.2, 0.25) is 0 Å². The summed E-state index contributed by atoms with van der Waals surface area (Å²) < 4.78 is 0. The highest BCUT2D eigenvalue weighted by Gasteiger charge is 2.24. The molecule has 3 nitrogen and oxygen atoms in total. The van der Waals surface area contributed by atoms with Gasteiger partial charge in [0.15, 0.2) is 0 Å². The molecule has 1 aliphatic rings. The van der Waals surface area contributed by atoms with Gasteiger partial charge in [0.25, 0.3) is 0 Å². The van der Waals surface area contributed by atoms with Crippen LogP contribution in [0.3, 0.4) is 0 Å². The van der Waals surface area contributed by atoms with Crippen molar-refractivity contribution in [1.82, 2.24) is 5.01 Å². The smallest absolute Gasteiger partial charge is 0.0819 e. The van der Waals surface area contributed by atoms with Gasteiger partial charge in [-0.3, -0.25) is 5.84 Å². The van der Waals surface area contributed by atoms with Crippen LogP contribution in [-0.4, -0.2) is 23.2 Å². The zero-order valence-electron chi connectivity index (χ0n) is 8.84. The highest BCUT2D eigenvalue weighted by atomic mass is 16.3. The molecule has 2 rings (SSSR count). The third-order valence-corrected chi connectivity index (χ3v) is 3.16. The molecule has 1 aromatic carbocycles. The summed E-state index contributed by atoms with van der Waals surface area (Å²) in [5.41, 5.74) is 1.02. The maximum absolute atomic E-state index is 10.2. The van der Waals surface area contributed by atoms with Gasteiger partial charge in [0.1, 0.15) is 0 Å². The van der Waals surface area contributed by atoms with E-state index in [1.54, 1.807) is 0 Å². The van der Waals surface area contributed by atoms with Crippen LogP contribution in [0.25, 0.3) is 0 Å². The number of aliphatic hydroxyl groups is 1. The van der Waals surface area contributed by atoms with Crippen molar-refractivity contribution < 1.29 is 5.11 Å². The first-order valence-corrected chi connectivity index (χ1v) is 5.50. The summed E-state index contributed by atoms with van der Waals surface area (Å²) in [6.07, 6.45) is 1.62. The number of nitrogens with zero attached hydrogens (tertiary/aromatic N) is 1. The molecule has 3 heteroatoms. The molecule has 0 amide bonds. The topological polar surface area (TPSA) is 49.5 Å². The maximum Gasteiger partial charge on any atom is 0.0819 e. The second-order valence-corrected chi connectivity index (χ2v) is 4.23. The molecule has 0 aromatic heterocycles. The average Bonchev–Trinajstić information content (AvgIpc) is 2.30. The van der Waals surface area contributed by atoms with Crippen LogP contribution in [0, 0.1) is 5.92 Å². The summed E-state index contributed by atoms with van der Waals surface area (Å²) in [6, 6.07) is 9.88. The normalized spacial score (nSPS) is 21.5. The molecular formula is C12H18N2O. The van der Waals surface area contributed by atoms with Crippen LogP contribution in [0.15, 0.2) is 30.3 Å². The number of nitrogens with two attached hydrogens (primary N) is 1. The van der Waals surface area contributed by atoms with E-state index in [9.17, 15) is 5.11 Å². The van der Waals surface area contributed by atoms with E-state index < -0.39 is 0 Å². The van der Waals surface area contributed by atoms with E-state index in [4.69, 9.17) is 5.84 Å². The molecule has 1 atom stereocenters. The zero-order chi connectivity index (χ0) is 10.7. The number of hydrazine groups is 1. The number of benzene rings is 1. The number of aliphatic hydroxyl groups excluding tert-OH is 1. The van der Waals surface area contributed by atoms with Gasteiger partial charge < -0.3 is 5.11 Å². The summed E-state index contributed by atoms with van der Waals surface area (Å²) >= 11 is 0. The Morgan fingerprint density at radius 1 is 1.20 bits per heavy atom. The maximum atomic E-state index is 10.2. The standard InChI is InChI=1S/C12H18N2O/c13-14-8-6-11(7-9-14)12(15)10-4-2-1-3-5-10/h1-5,11-12,15H,6-9,13H2. The van der Waals surface area contributed by atoms with E-state index in [2.05, 4.69) is 0 Å². The molecule has 1 fully saturated rings. The van der Waals surface area contributed by atoms with Crippen molar-refractivity contribution in [3.05, 3.63) is 35.9 Å². The third kappa shape index (κ3) is 2.56. The third-order valence-electron chi connectivity index (χ3n) is 3.16. The summed E-state index contributed by atoms with van der Waals surface area (Å²) in [5, 5.41) is 12.0. The molecule has 0 bridgehead atoms. The van der Waals surface area contributed by atoms with E-state index in [0.717, 1.165) is 31.5 Å². The van der Waals surface area contributed by atoms with Crippen LogP contribution in [0.1, 0.15) is 24.5 Å². The Bertz CT molecular complexity index is 294. The molecule has 1 aliphatic heterocycles. The Labute approximate surface area is 90.5 Å². The molecule has 0 aliphatic carbocycles. The molecule has 3 N–H and O–H groups in total. The molecule has 1 unspecified atom stereocenters. The van der Waals surface area contributed by atoms with Crippen LogP contribution >= 0.6 is 0 Å². The van der Waals surface area contributed by atoms with Gasteiger partial charge in [0, 0.05) is 13.1 Å². The second kappa shape index (κ2) is 4.75. The summed E-state index contributed by atoms with van der Waals surface area (Å²) in [4.78, 5) is 0. The van der Waals surface area contributed by atoms with Crippen LogP contribution in [0.5, 0.6) is 0 Å². The fourth-order valence-electron chi connectivity index (χ4n) is 2.16. The molecule has 1 heterocycles. The Balaban J connectivity index is 1.99. The van der Waals surface area contributed by atoms with E-state index in [-0.39, 0.29) is 6.10 Å².